The highest BCUT2D eigenvalue weighted by Gasteiger charge is 2.26. The van der Waals surface area contributed by atoms with Crippen LogP contribution in [0.4, 0.5) is 0 Å². The van der Waals surface area contributed by atoms with Crippen LogP contribution in [-0.2, 0) is 0 Å². The van der Waals surface area contributed by atoms with Crippen molar-refractivity contribution in [1.29, 1.82) is 0 Å². The third-order valence-electron chi connectivity index (χ3n) is 2.92. The average molecular weight is 305 g/mol. The molecule has 2 nitrogen and oxygen atoms in total. The molecule has 1 fully saturated rings. The molecule has 0 heterocycles. The van der Waals surface area contributed by atoms with Gasteiger partial charge in [0.1, 0.15) is 5.75 Å². The SMILES string of the molecule is COc1c(Br)cc(Cl)cc1C(N)CC1CC1. The molecule has 88 valence electrons. The normalized spacial score (nSPS) is 17.2. The van der Waals surface area contributed by atoms with Crippen LogP contribution in [-0.4, -0.2) is 7.11 Å². The molecule has 4 heteroatoms. The van der Waals surface area contributed by atoms with E-state index in [1.165, 1.54) is 12.8 Å². The van der Waals surface area contributed by atoms with E-state index in [0.717, 1.165) is 28.1 Å². The maximum Gasteiger partial charge on any atom is 0.137 e. The van der Waals surface area contributed by atoms with Gasteiger partial charge in [0.05, 0.1) is 11.6 Å². The average Bonchev–Trinajstić information content (AvgIpc) is 3.00. The van der Waals surface area contributed by atoms with Gasteiger partial charge in [-0.15, -0.1) is 0 Å². The fraction of sp³-hybridized carbons (Fsp3) is 0.500. The Balaban J connectivity index is 2.28. The maximum absolute atomic E-state index is 6.19. The van der Waals surface area contributed by atoms with Crippen molar-refractivity contribution in [2.45, 2.75) is 25.3 Å². The molecule has 1 saturated carbocycles. The van der Waals surface area contributed by atoms with E-state index in [1.54, 1.807) is 7.11 Å². The van der Waals surface area contributed by atoms with Crippen LogP contribution < -0.4 is 10.5 Å². The predicted octanol–water partition coefficient (Wildman–Crippen LogP) is 3.91. The third kappa shape index (κ3) is 2.70. The Bertz CT molecular complexity index is 393. The Morgan fingerprint density at radius 1 is 1.56 bits per heavy atom. The lowest BCUT2D eigenvalue weighted by Crippen LogP contribution is -2.12. The first-order valence-electron chi connectivity index (χ1n) is 5.40. The zero-order valence-corrected chi connectivity index (χ0v) is 11.5. The van der Waals surface area contributed by atoms with Crippen molar-refractivity contribution >= 4 is 27.5 Å². The summed E-state index contributed by atoms with van der Waals surface area (Å²) >= 11 is 9.48. The highest BCUT2D eigenvalue weighted by molar-refractivity contribution is 9.10. The van der Waals surface area contributed by atoms with Gasteiger partial charge in [0.2, 0.25) is 0 Å². The van der Waals surface area contributed by atoms with Gasteiger partial charge in [-0.1, -0.05) is 24.4 Å². The summed E-state index contributed by atoms with van der Waals surface area (Å²) in [5.74, 6) is 1.59. The topological polar surface area (TPSA) is 35.2 Å². The van der Waals surface area contributed by atoms with Crippen LogP contribution in [0.25, 0.3) is 0 Å². The van der Waals surface area contributed by atoms with Gasteiger partial charge in [0.15, 0.2) is 0 Å². The van der Waals surface area contributed by atoms with Crippen LogP contribution in [0.5, 0.6) is 5.75 Å². The van der Waals surface area contributed by atoms with Crippen molar-refractivity contribution < 1.29 is 4.74 Å². The van der Waals surface area contributed by atoms with Crippen molar-refractivity contribution in [3.8, 4) is 5.75 Å². The van der Waals surface area contributed by atoms with Gasteiger partial charge in [-0.2, -0.15) is 0 Å². The minimum absolute atomic E-state index is 0.0115. The molecule has 0 spiro atoms. The number of benzene rings is 1. The standard InChI is InChI=1S/C12H15BrClNO/c1-16-12-9(5-8(14)6-10(12)13)11(15)4-7-2-3-7/h5-7,11H,2-4,15H2,1H3. The van der Waals surface area contributed by atoms with Gasteiger partial charge >= 0.3 is 0 Å². The van der Waals surface area contributed by atoms with Gasteiger partial charge < -0.3 is 10.5 Å². The highest BCUT2D eigenvalue weighted by atomic mass is 79.9. The molecule has 16 heavy (non-hydrogen) atoms. The van der Waals surface area contributed by atoms with E-state index in [2.05, 4.69) is 15.9 Å². The second-order valence-electron chi connectivity index (χ2n) is 4.30. The molecule has 0 aromatic heterocycles. The lowest BCUT2D eigenvalue weighted by Gasteiger charge is -2.17. The fourth-order valence-corrected chi connectivity index (χ4v) is 2.91. The molecular weight excluding hydrogens is 289 g/mol. The molecule has 0 radical (unpaired) electrons. The zero-order valence-electron chi connectivity index (χ0n) is 9.17. The lowest BCUT2D eigenvalue weighted by molar-refractivity contribution is 0.400. The Kier molecular flexibility index (Phi) is 3.77. The van der Waals surface area contributed by atoms with E-state index >= 15 is 0 Å². The number of ether oxygens (including phenoxy) is 1. The summed E-state index contributed by atoms with van der Waals surface area (Å²) in [4.78, 5) is 0. The van der Waals surface area contributed by atoms with Gasteiger partial charge in [-0.05, 0) is 40.4 Å². The number of nitrogens with two attached hydrogens (primary N) is 1. The van der Waals surface area contributed by atoms with Crippen LogP contribution in [0, 0.1) is 5.92 Å². The van der Waals surface area contributed by atoms with Crippen molar-refractivity contribution in [2.24, 2.45) is 11.7 Å². The van der Waals surface area contributed by atoms with Crippen molar-refractivity contribution in [1.82, 2.24) is 0 Å². The molecule has 1 atom stereocenters. The molecule has 2 N–H and O–H groups in total. The minimum atomic E-state index is 0.0115. The number of halogens is 2. The van der Waals surface area contributed by atoms with Crippen LogP contribution in [0.2, 0.25) is 5.02 Å². The summed E-state index contributed by atoms with van der Waals surface area (Å²) in [6, 6.07) is 3.74. The van der Waals surface area contributed by atoms with E-state index in [1.807, 2.05) is 12.1 Å². The van der Waals surface area contributed by atoms with Crippen LogP contribution >= 0.6 is 27.5 Å². The molecule has 1 aromatic rings. The Morgan fingerprint density at radius 3 is 2.81 bits per heavy atom. The molecule has 1 aliphatic carbocycles. The van der Waals surface area contributed by atoms with E-state index in [0.29, 0.717) is 5.02 Å². The summed E-state index contributed by atoms with van der Waals surface area (Å²) in [6.45, 7) is 0. The van der Waals surface area contributed by atoms with Gasteiger partial charge in [-0.25, -0.2) is 0 Å². The first-order chi connectivity index (χ1) is 7.61. The Morgan fingerprint density at radius 2 is 2.25 bits per heavy atom. The van der Waals surface area contributed by atoms with Crippen LogP contribution in [0.1, 0.15) is 30.9 Å². The van der Waals surface area contributed by atoms with Crippen LogP contribution in [0.15, 0.2) is 16.6 Å². The van der Waals surface area contributed by atoms with Crippen LogP contribution in [0.3, 0.4) is 0 Å². The number of rotatable bonds is 4. The smallest absolute Gasteiger partial charge is 0.137 e. The predicted molar refractivity (Wildman–Crippen MR) is 70.0 cm³/mol. The summed E-state index contributed by atoms with van der Waals surface area (Å²) in [5.41, 5.74) is 7.18. The first-order valence-corrected chi connectivity index (χ1v) is 6.57. The monoisotopic (exact) mass is 303 g/mol. The van der Waals surface area contributed by atoms with E-state index in [4.69, 9.17) is 22.1 Å². The third-order valence-corrected chi connectivity index (χ3v) is 3.73. The van der Waals surface area contributed by atoms with E-state index in [9.17, 15) is 0 Å². The first kappa shape index (κ1) is 12.2. The molecule has 0 amide bonds. The second kappa shape index (κ2) is 4.94. The molecule has 1 unspecified atom stereocenters. The molecule has 2 rings (SSSR count). The maximum atomic E-state index is 6.19. The number of hydrogen-bond donors (Lipinski definition) is 1. The largest absolute Gasteiger partial charge is 0.495 e. The van der Waals surface area contributed by atoms with E-state index in [-0.39, 0.29) is 6.04 Å². The summed E-state index contributed by atoms with van der Waals surface area (Å²) in [5, 5.41) is 0.689. The van der Waals surface area contributed by atoms with Crippen molar-refractivity contribution in [3.05, 3.63) is 27.2 Å². The molecule has 1 aromatic carbocycles. The zero-order chi connectivity index (χ0) is 11.7. The number of hydrogen-bond acceptors (Lipinski definition) is 2. The van der Waals surface area contributed by atoms with Gasteiger partial charge in [0.25, 0.3) is 0 Å². The molecule has 1 aliphatic rings. The summed E-state index contributed by atoms with van der Waals surface area (Å²) in [6.07, 6.45) is 3.62. The Hall–Kier alpha value is -0.250. The van der Waals surface area contributed by atoms with Crippen molar-refractivity contribution in [3.63, 3.8) is 0 Å². The summed E-state index contributed by atoms with van der Waals surface area (Å²) < 4.78 is 6.23. The highest BCUT2D eigenvalue weighted by Crippen LogP contribution is 2.41. The van der Waals surface area contributed by atoms with Crippen molar-refractivity contribution in [2.75, 3.05) is 7.11 Å². The molecule has 0 aliphatic heterocycles. The van der Waals surface area contributed by atoms with Gasteiger partial charge in [0, 0.05) is 16.6 Å². The summed E-state index contributed by atoms with van der Waals surface area (Å²) in [7, 11) is 1.65. The van der Waals surface area contributed by atoms with Gasteiger partial charge in [-0.3, -0.25) is 0 Å². The fourth-order valence-electron chi connectivity index (χ4n) is 1.91. The number of methoxy groups -OCH3 is 1. The molecular formula is C12H15BrClNO. The quantitative estimate of drug-likeness (QED) is 0.915. The lowest BCUT2D eigenvalue weighted by atomic mass is 10.0. The second-order valence-corrected chi connectivity index (χ2v) is 5.59. The Labute approximate surface area is 109 Å². The van der Waals surface area contributed by atoms with E-state index < -0.39 is 0 Å². The molecule has 0 bridgehead atoms. The minimum Gasteiger partial charge on any atom is -0.495 e. The molecule has 0 saturated heterocycles.